The van der Waals surface area contributed by atoms with Crippen LogP contribution >= 0.6 is 31.9 Å². The van der Waals surface area contributed by atoms with E-state index in [0.29, 0.717) is 4.47 Å². The summed E-state index contributed by atoms with van der Waals surface area (Å²) in [5.74, 6) is 0. The van der Waals surface area contributed by atoms with E-state index in [0.717, 1.165) is 10.2 Å². The average molecular weight is 348 g/mol. The fourth-order valence-electron chi connectivity index (χ4n) is 0.788. The van der Waals surface area contributed by atoms with E-state index in [1.807, 2.05) is 19.1 Å². The van der Waals surface area contributed by atoms with Crippen molar-refractivity contribution in [1.29, 1.82) is 0 Å². The number of aryl methyl sites for hydroxylation is 2. The van der Waals surface area contributed by atoms with Gasteiger partial charge in [-0.1, -0.05) is 0 Å². The van der Waals surface area contributed by atoms with Crippen molar-refractivity contribution in [3.05, 3.63) is 57.0 Å². The van der Waals surface area contributed by atoms with Crippen LogP contribution in [0.15, 0.2) is 45.6 Å². The molecule has 0 aliphatic rings. The third-order valence-electron chi connectivity index (χ3n) is 1.54. The summed E-state index contributed by atoms with van der Waals surface area (Å²) >= 11 is 6.35. The number of nitrogens with zero attached hydrogens (tertiary/aromatic N) is 2. The molecule has 0 unspecified atom stereocenters. The molecule has 0 spiro atoms. The lowest BCUT2D eigenvalue weighted by molar-refractivity contribution is 1.19. The summed E-state index contributed by atoms with van der Waals surface area (Å²) in [6.45, 7) is -0.261. The highest BCUT2D eigenvalue weighted by molar-refractivity contribution is 9.10. The molecule has 84 valence electrons. The molecule has 2 aromatic heterocycles. The van der Waals surface area contributed by atoms with Gasteiger partial charge in [-0.25, -0.2) is 0 Å². The van der Waals surface area contributed by atoms with Crippen molar-refractivity contribution in [2.45, 2.75) is 13.8 Å². The highest BCUT2D eigenvalue weighted by Gasteiger charge is 1.83. The van der Waals surface area contributed by atoms with E-state index in [2.05, 4.69) is 41.8 Å². The quantitative estimate of drug-likeness (QED) is 0.709. The molecule has 16 heavy (non-hydrogen) atoms. The average Bonchev–Trinajstić information content (AvgIpc) is 2.36. The number of hydrogen-bond acceptors (Lipinski definition) is 2. The molecule has 2 heterocycles. The van der Waals surface area contributed by atoms with Gasteiger partial charge in [0.05, 0.1) is 1.37 Å². The smallest absolute Gasteiger partial charge is 0.0636 e. The van der Waals surface area contributed by atoms with Crippen molar-refractivity contribution in [3.63, 3.8) is 0 Å². The molecule has 0 saturated heterocycles. The first kappa shape index (κ1) is 8.37. The minimum Gasteiger partial charge on any atom is -0.260 e. The summed E-state index contributed by atoms with van der Waals surface area (Å²) < 4.78 is 29.9. The predicted octanol–water partition coefficient (Wildman–Crippen LogP) is 4.31. The number of pyridine rings is 2. The van der Waals surface area contributed by atoms with E-state index in [1.54, 1.807) is 6.20 Å². The van der Waals surface area contributed by atoms with Gasteiger partial charge >= 0.3 is 0 Å². The molecule has 0 amide bonds. The second-order valence-electron chi connectivity index (χ2n) is 2.90. The number of rotatable bonds is 0. The molecule has 0 bridgehead atoms. The van der Waals surface area contributed by atoms with Gasteiger partial charge in [0.25, 0.3) is 0 Å². The van der Waals surface area contributed by atoms with Crippen LogP contribution in [0.5, 0.6) is 0 Å². The van der Waals surface area contributed by atoms with E-state index >= 15 is 0 Å². The van der Waals surface area contributed by atoms with Gasteiger partial charge in [0.15, 0.2) is 0 Å². The Balaban J connectivity index is 0.000000217. The minimum atomic E-state index is -2.23. The SMILES string of the molecule is Cc1ccc(Br)cn1.[2H]c1cc(C([2H])([2H])[2H])ncc1Br. The zero-order valence-corrected chi connectivity index (χ0v) is 11.7. The van der Waals surface area contributed by atoms with Crippen LogP contribution in [0.3, 0.4) is 0 Å². The van der Waals surface area contributed by atoms with Crippen LogP contribution in [0.2, 0.25) is 0 Å². The maximum Gasteiger partial charge on any atom is 0.0636 e. The lowest BCUT2D eigenvalue weighted by Crippen LogP contribution is -1.75. The lowest BCUT2D eigenvalue weighted by Gasteiger charge is -1.87. The zero-order chi connectivity index (χ0) is 15.3. The first-order chi connectivity index (χ1) is 9.20. The third-order valence-corrected chi connectivity index (χ3v) is 2.44. The van der Waals surface area contributed by atoms with E-state index in [-0.39, 0.29) is 11.7 Å². The lowest BCUT2D eigenvalue weighted by atomic mass is 10.4. The molecule has 0 fully saturated rings. The van der Waals surface area contributed by atoms with Crippen molar-refractivity contribution in [2.75, 3.05) is 0 Å². The van der Waals surface area contributed by atoms with Gasteiger partial charge in [-0.2, -0.15) is 0 Å². The number of halogens is 2. The Labute approximate surface area is 118 Å². The van der Waals surface area contributed by atoms with Gasteiger partial charge in [-0.3, -0.25) is 9.97 Å². The fourth-order valence-corrected chi connectivity index (χ4v) is 1.24. The van der Waals surface area contributed by atoms with E-state index in [4.69, 9.17) is 5.48 Å². The van der Waals surface area contributed by atoms with Crippen LogP contribution in [0, 0.1) is 13.8 Å². The van der Waals surface area contributed by atoms with Gasteiger partial charge in [-0.15, -0.1) is 0 Å². The normalized spacial score (nSPS) is 13.7. The van der Waals surface area contributed by atoms with Crippen LogP contribution in [0.1, 0.15) is 16.9 Å². The Morgan fingerprint density at radius 1 is 1.06 bits per heavy atom. The Morgan fingerprint density at radius 2 is 1.75 bits per heavy atom. The molecule has 4 heteroatoms. The molecule has 0 aliphatic heterocycles. The summed E-state index contributed by atoms with van der Waals surface area (Å²) in [7, 11) is 0. The molecule has 2 rings (SSSR count). The van der Waals surface area contributed by atoms with E-state index < -0.39 is 6.85 Å². The fraction of sp³-hybridized carbons (Fsp3) is 0.167. The first-order valence-electron chi connectivity index (χ1n) is 6.41. The molecule has 0 radical (unpaired) electrons. The van der Waals surface area contributed by atoms with Crippen LogP contribution < -0.4 is 0 Å². The molecule has 0 saturated carbocycles. The summed E-state index contributed by atoms with van der Waals surface area (Å²) in [4.78, 5) is 7.71. The Morgan fingerprint density at radius 3 is 2.25 bits per heavy atom. The molecular weight excluding hydrogens is 332 g/mol. The maximum atomic E-state index is 7.30. The van der Waals surface area contributed by atoms with Crippen molar-refractivity contribution < 1.29 is 5.48 Å². The van der Waals surface area contributed by atoms with Crippen molar-refractivity contribution in [2.24, 2.45) is 0 Å². The van der Waals surface area contributed by atoms with Gasteiger partial charge in [0.2, 0.25) is 0 Å². The van der Waals surface area contributed by atoms with Gasteiger partial charge in [0.1, 0.15) is 0 Å². The topological polar surface area (TPSA) is 25.8 Å². The second-order valence-corrected chi connectivity index (χ2v) is 4.67. The van der Waals surface area contributed by atoms with Gasteiger partial charge in [0, 0.05) is 36.8 Å². The maximum absolute atomic E-state index is 7.30. The highest BCUT2D eigenvalue weighted by Crippen LogP contribution is 2.06. The molecule has 2 nitrogen and oxygen atoms in total. The van der Waals surface area contributed by atoms with Gasteiger partial charge in [-0.05, 0) is 69.9 Å². The summed E-state index contributed by atoms with van der Waals surface area (Å²) in [6.07, 6.45) is 3.11. The van der Waals surface area contributed by atoms with Crippen molar-refractivity contribution >= 4 is 31.9 Å². The summed E-state index contributed by atoms with van der Waals surface area (Å²) in [6, 6.07) is 5.31. The summed E-state index contributed by atoms with van der Waals surface area (Å²) in [5, 5.41) is 0. The van der Waals surface area contributed by atoms with Crippen LogP contribution in [0.25, 0.3) is 0 Å². The third kappa shape index (κ3) is 5.37. The van der Waals surface area contributed by atoms with Crippen LogP contribution in [-0.4, -0.2) is 9.97 Å². The molecule has 2 aromatic rings. The van der Waals surface area contributed by atoms with Gasteiger partial charge < -0.3 is 0 Å². The second kappa shape index (κ2) is 6.76. The van der Waals surface area contributed by atoms with Crippen molar-refractivity contribution in [1.82, 2.24) is 9.97 Å². The zero-order valence-electron chi connectivity index (χ0n) is 12.5. The summed E-state index contributed by atoms with van der Waals surface area (Å²) in [5.41, 5.74) is 1.00. The Bertz CT molecular complexity index is 550. The first-order valence-corrected chi connectivity index (χ1v) is 5.99. The standard InChI is InChI=1S/2C6H6BrN/c2*1-5-2-3-6(7)4-8-5/h2*2-4H,1H3/i1D3,3D;. The number of aromatic nitrogens is 2. The molecular formula is C12H12Br2N2. The van der Waals surface area contributed by atoms with Crippen molar-refractivity contribution in [3.8, 4) is 0 Å². The monoisotopic (exact) mass is 346 g/mol. The number of hydrogen-bond donors (Lipinski definition) is 0. The molecule has 0 atom stereocenters. The Hall–Kier alpha value is -0.740. The van der Waals surface area contributed by atoms with E-state index in [9.17, 15) is 0 Å². The highest BCUT2D eigenvalue weighted by atomic mass is 79.9. The van der Waals surface area contributed by atoms with Crippen LogP contribution in [-0.2, 0) is 0 Å². The molecule has 0 aliphatic carbocycles. The van der Waals surface area contributed by atoms with Crippen LogP contribution in [0.4, 0.5) is 0 Å². The minimum absolute atomic E-state index is 0.0456. The van der Waals surface area contributed by atoms with E-state index in [1.165, 1.54) is 12.3 Å². The Kier molecular flexibility index (Phi) is 3.53. The predicted molar refractivity (Wildman–Crippen MR) is 73.3 cm³/mol. The largest absolute Gasteiger partial charge is 0.260 e. The molecule has 0 N–H and O–H groups in total. The molecule has 0 aromatic carbocycles.